The number of carbonyl (C=O) groups excluding carboxylic acids is 1. The lowest BCUT2D eigenvalue weighted by molar-refractivity contribution is -0.122. The number of anilines is 2. The Kier molecular flexibility index (Phi) is 9.13. The van der Waals surface area contributed by atoms with Crippen LogP contribution in [0.15, 0.2) is 34.0 Å². The molecule has 0 unspecified atom stereocenters. The van der Waals surface area contributed by atoms with Crippen molar-refractivity contribution in [1.82, 2.24) is 9.47 Å². The summed E-state index contributed by atoms with van der Waals surface area (Å²) in [4.78, 5) is 33.4. The minimum absolute atomic E-state index is 0.101. The lowest BCUT2D eigenvalue weighted by Gasteiger charge is -2.39. The molecular formula is C29H34FN5O2S2. The fourth-order valence-electron chi connectivity index (χ4n) is 4.99. The van der Waals surface area contributed by atoms with E-state index in [0.29, 0.717) is 59.6 Å². The Balaban J connectivity index is 1.78. The molecule has 0 bridgehead atoms. The third kappa shape index (κ3) is 6.04. The fraction of sp³-hybridized carbons (Fsp3) is 0.448. The molecule has 1 aromatic carbocycles. The van der Waals surface area contributed by atoms with Gasteiger partial charge in [0.25, 0.3) is 11.5 Å². The number of aromatic nitrogens is 1. The number of carbonyl (C=O) groups is 1. The van der Waals surface area contributed by atoms with Crippen molar-refractivity contribution in [3.63, 3.8) is 0 Å². The van der Waals surface area contributed by atoms with Crippen LogP contribution in [-0.4, -0.2) is 52.4 Å². The molecule has 39 heavy (non-hydrogen) atoms. The molecule has 1 aromatic heterocycles. The summed E-state index contributed by atoms with van der Waals surface area (Å²) in [5, 5.41) is 9.92. The Bertz CT molecular complexity index is 1390. The van der Waals surface area contributed by atoms with Gasteiger partial charge in [-0.05, 0) is 55.2 Å². The van der Waals surface area contributed by atoms with Crippen molar-refractivity contribution in [2.75, 3.05) is 42.5 Å². The van der Waals surface area contributed by atoms with Crippen LogP contribution in [0.25, 0.3) is 6.08 Å². The predicted octanol–water partition coefficient (Wildman–Crippen LogP) is 5.15. The third-order valence-corrected chi connectivity index (χ3v) is 8.43. The minimum Gasteiger partial charge on any atom is -0.368 e. The lowest BCUT2D eigenvalue weighted by atomic mass is 10.0. The first-order valence-electron chi connectivity index (χ1n) is 13.3. The number of halogens is 1. The first kappa shape index (κ1) is 28.8. The fourth-order valence-corrected chi connectivity index (χ4v) is 6.25. The molecule has 4 rings (SSSR count). The first-order valence-corrected chi connectivity index (χ1v) is 14.6. The SMILES string of the molecule is CCCCn1c(N2CCN(c3ccc(F)cc3)CC2)c(/C=C2/SC(=S)N(CC(C)C)C2=O)c(C)c(C#N)c1=O. The number of amides is 1. The lowest BCUT2D eigenvalue weighted by Crippen LogP contribution is -2.48. The Morgan fingerprint density at radius 2 is 1.77 bits per heavy atom. The number of hydrogen-bond acceptors (Lipinski definition) is 7. The summed E-state index contributed by atoms with van der Waals surface area (Å²) in [7, 11) is 0. The largest absolute Gasteiger partial charge is 0.368 e. The first-order chi connectivity index (χ1) is 18.7. The van der Waals surface area contributed by atoms with E-state index < -0.39 is 0 Å². The van der Waals surface area contributed by atoms with Gasteiger partial charge in [-0.25, -0.2) is 4.39 Å². The molecule has 0 saturated carbocycles. The van der Waals surface area contributed by atoms with Crippen molar-refractivity contribution in [2.24, 2.45) is 5.92 Å². The molecule has 0 radical (unpaired) electrons. The molecule has 2 fully saturated rings. The average molecular weight is 568 g/mol. The maximum atomic E-state index is 13.5. The summed E-state index contributed by atoms with van der Waals surface area (Å²) in [5.74, 6) is 0.587. The Morgan fingerprint density at radius 1 is 1.13 bits per heavy atom. The van der Waals surface area contributed by atoms with Gasteiger partial charge in [0.1, 0.15) is 27.6 Å². The molecule has 2 aliphatic heterocycles. The van der Waals surface area contributed by atoms with Crippen molar-refractivity contribution >= 4 is 51.8 Å². The van der Waals surface area contributed by atoms with Gasteiger partial charge < -0.3 is 9.80 Å². The van der Waals surface area contributed by atoms with Gasteiger partial charge in [-0.3, -0.25) is 19.1 Å². The molecule has 0 spiro atoms. The average Bonchev–Trinajstić information content (AvgIpc) is 3.17. The van der Waals surface area contributed by atoms with E-state index >= 15 is 0 Å². The molecule has 3 heterocycles. The van der Waals surface area contributed by atoms with Gasteiger partial charge in [-0.15, -0.1) is 0 Å². The second-order valence-corrected chi connectivity index (χ2v) is 12.0. The smallest absolute Gasteiger partial charge is 0.270 e. The van der Waals surface area contributed by atoms with Gasteiger partial charge in [0.15, 0.2) is 0 Å². The molecule has 0 N–H and O–H groups in total. The Hall–Kier alpha value is -3.16. The molecule has 0 aliphatic carbocycles. The normalized spacial score (nSPS) is 17.1. The third-order valence-electron chi connectivity index (χ3n) is 7.05. The number of pyridine rings is 1. The minimum atomic E-state index is -0.302. The zero-order valence-corrected chi connectivity index (χ0v) is 24.5. The van der Waals surface area contributed by atoms with Gasteiger partial charge in [0.2, 0.25) is 0 Å². The zero-order valence-electron chi connectivity index (χ0n) is 22.9. The zero-order chi connectivity index (χ0) is 28.3. The number of nitrogens with zero attached hydrogens (tertiary/aromatic N) is 5. The van der Waals surface area contributed by atoms with E-state index in [1.165, 1.54) is 23.9 Å². The van der Waals surface area contributed by atoms with E-state index in [4.69, 9.17) is 12.2 Å². The van der Waals surface area contributed by atoms with Crippen molar-refractivity contribution in [1.29, 1.82) is 5.26 Å². The van der Waals surface area contributed by atoms with E-state index in [1.807, 2.05) is 19.9 Å². The van der Waals surface area contributed by atoms with E-state index in [1.54, 1.807) is 28.5 Å². The second kappa shape index (κ2) is 12.3. The summed E-state index contributed by atoms with van der Waals surface area (Å²) in [6.45, 7) is 11.6. The van der Waals surface area contributed by atoms with Gasteiger partial charge in [0.05, 0.1) is 4.91 Å². The van der Waals surface area contributed by atoms with Gasteiger partial charge in [-0.1, -0.05) is 51.2 Å². The molecule has 1 amide bonds. The molecule has 7 nitrogen and oxygen atoms in total. The molecule has 10 heteroatoms. The number of piperazine rings is 1. The monoisotopic (exact) mass is 567 g/mol. The number of thioether (sulfide) groups is 1. The van der Waals surface area contributed by atoms with Gasteiger partial charge >= 0.3 is 0 Å². The highest BCUT2D eigenvalue weighted by molar-refractivity contribution is 8.26. The summed E-state index contributed by atoms with van der Waals surface area (Å²) in [6.07, 6.45) is 3.49. The summed E-state index contributed by atoms with van der Waals surface area (Å²) >= 11 is 6.78. The van der Waals surface area contributed by atoms with Crippen LogP contribution in [0.4, 0.5) is 15.9 Å². The summed E-state index contributed by atoms with van der Waals surface area (Å²) in [6, 6.07) is 8.59. The van der Waals surface area contributed by atoms with E-state index in [0.717, 1.165) is 24.3 Å². The number of benzene rings is 1. The van der Waals surface area contributed by atoms with Crippen molar-refractivity contribution < 1.29 is 9.18 Å². The van der Waals surface area contributed by atoms with Crippen LogP contribution < -0.4 is 15.4 Å². The Labute approximate surface area is 238 Å². The van der Waals surface area contributed by atoms with Crippen molar-refractivity contribution in [3.8, 4) is 6.07 Å². The number of hydrogen-bond donors (Lipinski definition) is 0. The molecule has 206 valence electrons. The molecule has 2 aliphatic rings. The number of thiocarbonyl (C=S) groups is 1. The van der Waals surface area contributed by atoms with E-state index in [9.17, 15) is 19.2 Å². The van der Waals surface area contributed by atoms with Crippen LogP contribution in [0.5, 0.6) is 0 Å². The van der Waals surface area contributed by atoms with Gasteiger partial charge in [0, 0.05) is 50.5 Å². The molecule has 2 saturated heterocycles. The highest BCUT2D eigenvalue weighted by atomic mass is 32.2. The number of nitriles is 1. The number of rotatable bonds is 8. The molecule has 2 aromatic rings. The topological polar surface area (TPSA) is 72.6 Å². The van der Waals surface area contributed by atoms with E-state index in [2.05, 4.69) is 22.8 Å². The summed E-state index contributed by atoms with van der Waals surface area (Å²) in [5.41, 5.74) is 2.03. The maximum Gasteiger partial charge on any atom is 0.270 e. The van der Waals surface area contributed by atoms with Crippen LogP contribution in [0, 0.1) is 30.0 Å². The summed E-state index contributed by atoms with van der Waals surface area (Å²) < 4.78 is 15.7. The highest BCUT2D eigenvalue weighted by Gasteiger charge is 2.34. The van der Waals surface area contributed by atoms with Crippen LogP contribution in [-0.2, 0) is 11.3 Å². The maximum absolute atomic E-state index is 13.5. The predicted molar refractivity (Wildman–Crippen MR) is 161 cm³/mol. The van der Waals surface area contributed by atoms with E-state index in [-0.39, 0.29) is 28.8 Å². The van der Waals surface area contributed by atoms with Crippen LogP contribution in [0.3, 0.4) is 0 Å². The Morgan fingerprint density at radius 3 is 2.36 bits per heavy atom. The van der Waals surface area contributed by atoms with Crippen molar-refractivity contribution in [2.45, 2.75) is 47.1 Å². The van der Waals surface area contributed by atoms with Gasteiger partial charge in [-0.2, -0.15) is 5.26 Å². The number of unbranched alkanes of at least 4 members (excludes halogenated alkanes) is 1. The standard InChI is InChI=1S/C29H34FN5O2S2/c1-5-6-11-34-26(33-14-12-32(13-15-33)22-9-7-21(30)8-10-22)23(20(4)24(17-31)27(34)36)16-25-28(37)35(18-19(2)3)29(38)39-25/h7-10,16,19H,5-6,11-15,18H2,1-4H3/b25-16+. The van der Waals surface area contributed by atoms with Crippen LogP contribution >= 0.6 is 24.0 Å². The second-order valence-electron chi connectivity index (χ2n) is 10.3. The quantitative estimate of drug-likeness (QED) is 0.323. The van der Waals surface area contributed by atoms with Crippen LogP contribution in [0.1, 0.15) is 50.3 Å². The molecule has 0 atom stereocenters. The highest BCUT2D eigenvalue weighted by Crippen LogP contribution is 2.36. The molecular weight excluding hydrogens is 533 g/mol. The van der Waals surface area contributed by atoms with Crippen LogP contribution in [0.2, 0.25) is 0 Å². The van der Waals surface area contributed by atoms with Crippen molar-refractivity contribution in [3.05, 3.63) is 62.0 Å².